The second-order valence-electron chi connectivity index (χ2n) is 6.61. The van der Waals surface area contributed by atoms with Crippen molar-refractivity contribution >= 4 is 5.91 Å². The van der Waals surface area contributed by atoms with E-state index in [-0.39, 0.29) is 18.0 Å². The van der Waals surface area contributed by atoms with E-state index in [0.29, 0.717) is 13.0 Å². The van der Waals surface area contributed by atoms with Crippen molar-refractivity contribution in [1.29, 1.82) is 0 Å². The van der Waals surface area contributed by atoms with Gasteiger partial charge in [-0.2, -0.15) is 0 Å². The van der Waals surface area contributed by atoms with Gasteiger partial charge in [0, 0.05) is 25.0 Å². The molecule has 1 atom stereocenters. The minimum absolute atomic E-state index is 0.0524. The Morgan fingerprint density at radius 2 is 1.95 bits per heavy atom. The van der Waals surface area contributed by atoms with Gasteiger partial charge >= 0.3 is 0 Å². The molecule has 1 rings (SSSR count). The van der Waals surface area contributed by atoms with E-state index >= 15 is 0 Å². The molecule has 5 heteroatoms. The summed E-state index contributed by atoms with van der Waals surface area (Å²) in [4.78, 5) is 13.8. The summed E-state index contributed by atoms with van der Waals surface area (Å²) in [7, 11) is 3.79. The first-order chi connectivity index (χ1) is 8.72. The van der Waals surface area contributed by atoms with Crippen LogP contribution in [0.4, 0.5) is 0 Å². The molecule has 1 amide bonds. The van der Waals surface area contributed by atoms with Crippen LogP contribution in [0.5, 0.6) is 0 Å². The first-order valence-corrected chi connectivity index (χ1v) is 7.15. The molecule has 1 fully saturated rings. The molecule has 0 aliphatic heterocycles. The van der Waals surface area contributed by atoms with E-state index in [2.05, 4.69) is 5.32 Å². The van der Waals surface area contributed by atoms with Crippen molar-refractivity contribution in [2.24, 2.45) is 5.73 Å². The molecule has 5 nitrogen and oxygen atoms in total. The number of carbonyl (C=O) groups excluding carboxylic acids is 1. The largest absolute Gasteiger partial charge is 0.387 e. The average molecular weight is 271 g/mol. The van der Waals surface area contributed by atoms with Crippen molar-refractivity contribution in [2.45, 2.75) is 56.6 Å². The molecular weight excluding hydrogens is 242 g/mol. The first kappa shape index (κ1) is 16.4. The molecule has 19 heavy (non-hydrogen) atoms. The van der Waals surface area contributed by atoms with E-state index in [1.54, 1.807) is 6.92 Å². The van der Waals surface area contributed by atoms with Crippen LogP contribution in [0, 0.1) is 0 Å². The second kappa shape index (κ2) is 6.68. The Morgan fingerprint density at radius 1 is 1.37 bits per heavy atom. The van der Waals surface area contributed by atoms with Gasteiger partial charge in [0.1, 0.15) is 0 Å². The van der Waals surface area contributed by atoms with Crippen LogP contribution < -0.4 is 11.1 Å². The fourth-order valence-electron chi connectivity index (χ4n) is 2.84. The predicted octanol–water partition coefficient (Wildman–Crippen LogP) is 0.467. The lowest BCUT2D eigenvalue weighted by molar-refractivity contribution is -0.123. The molecule has 0 aromatic carbocycles. The maximum atomic E-state index is 11.9. The summed E-state index contributed by atoms with van der Waals surface area (Å²) in [5.41, 5.74) is 5.00. The SMILES string of the molecule is CN(C)CC(C)(O)CNC(=O)CC1(N)CCCCC1. The highest BCUT2D eigenvalue weighted by Gasteiger charge is 2.30. The topological polar surface area (TPSA) is 78.6 Å². The number of nitrogens with two attached hydrogens (primary N) is 1. The van der Waals surface area contributed by atoms with Crippen LogP contribution in [0.15, 0.2) is 0 Å². The fraction of sp³-hybridized carbons (Fsp3) is 0.929. The first-order valence-electron chi connectivity index (χ1n) is 7.15. The molecule has 4 N–H and O–H groups in total. The van der Waals surface area contributed by atoms with Gasteiger partial charge in [-0.1, -0.05) is 19.3 Å². The van der Waals surface area contributed by atoms with E-state index in [1.807, 2.05) is 19.0 Å². The number of likely N-dealkylation sites (N-methyl/N-ethyl adjacent to an activating group) is 1. The smallest absolute Gasteiger partial charge is 0.221 e. The maximum absolute atomic E-state index is 11.9. The van der Waals surface area contributed by atoms with Crippen molar-refractivity contribution < 1.29 is 9.90 Å². The molecule has 0 heterocycles. The van der Waals surface area contributed by atoms with Crippen LogP contribution in [0.3, 0.4) is 0 Å². The molecule has 0 saturated heterocycles. The molecule has 0 aromatic rings. The van der Waals surface area contributed by atoms with Crippen molar-refractivity contribution in [2.75, 3.05) is 27.2 Å². The summed E-state index contributed by atoms with van der Waals surface area (Å²) < 4.78 is 0. The van der Waals surface area contributed by atoms with Gasteiger partial charge in [-0.05, 0) is 33.9 Å². The summed E-state index contributed by atoms with van der Waals surface area (Å²) in [6.07, 6.45) is 5.66. The predicted molar refractivity (Wildman–Crippen MR) is 76.8 cm³/mol. The normalized spacial score (nSPS) is 22.0. The number of hydrogen-bond acceptors (Lipinski definition) is 4. The highest BCUT2D eigenvalue weighted by atomic mass is 16.3. The lowest BCUT2D eigenvalue weighted by Gasteiger charge is -2.33. The molecular formula is C14H29N3O2. The number of nitrogens with one attached hydrogen (secondary N) is 1. The van der Waals surface area contributed by atoms with Crippen LogP contribution in [0.25, 0.3) is 0 Å². The van der Waals surface area contributed by atoms with Crippen molar-refractivity contribution in [1.82, 2.24) is 10.2 Å². The van der Waals surface area contributed by atoms with Gasteiger partial charge in [-0.15, -0.1) is 0 Å². The standard InChI is InChI=1S/C14H29N3O2/c1-13(19,11-17(2)3)10-16-12(18)9-14(15)7-5-4-6-8-14/h19H,4-11,15H2,1-3H3,(H,16,18). The number of rotatable bonds is 6. The quantitative estimate of drug-likeness (QED) is 0.656. The Balaban J connectivity index is 2.34. The van der Waals surface area contributed by atoms with Gasteiger partial charge in [-0.25, -0.2) is 0 Å². The fourth-order valence-corrected chi connectivity index (χ4v) is 2.84. The third-order valence-electron chi connectivity index (χ3n) is 3.69. The molecule has 1 aliphatic carbocycles. The van der Waals surface area contributed by atoms with Crippen molar-refractivity contribution in [3.05, 3.63) is 0 Å². The molecule has 0 aromatic heterocycles. The third-order valence-corrected chi connectivity index (χ3v) is 3.69. The van der Waals surface area contributed by atoms with Crippen LogP contribution in [0.2, 0.25) is 0 Å². The third kappa shape index (κ3) is 6.36. The molecule has 112 valence electrons. The molecule has 0 radical (unpaired) electrons. The van der Waals surface area contributed by atoms with Crippen LogP contribution in [-0.2, 0) is 4.79 Å². The number of amides is 1. The Labute approximate surface area is 116 Å². The number of aliphatic hydroxyl groups is 1. The molecule has 1 saturated carbocycles. The van der Waals surface area contributed by atoms with Crippen LogP contribution in [-0.4, -0.2) is 54.2 Å². The minimum atomic E-state index is -0.909. The number of nitrogens with zero attached hydrogens (tertiary/aromatic N) is 1. The number of hydrogen-bond donors (Lipinski definition) is 3. The Hall–Kier alpha value is -0.650. The Morgan fingerprint density at radius 3 is 2.47 bits per heavy atom. The van der Waals surface area contributed by atoms with E-state index in [0.717, 1.165) is 25.7 Å². The molecule has 0 bridgehead atoms. The Kier molecular flexibility index (Phi) is 5.77. The van der Waals surface area contributed by atoms with Crippen LogP contribution >= 0.6 is 0 Å². The van der Waals surface area contributed by atoms with Crippen molar-refractivity contribution in [3.8, 4) is 0 Å². The summed E-state index contributed by atoms with van der Waals surface area (Å²) in [5.74, 6) is -0.0524. The zero-order valence-corrected chi connectivity index (χ0v) is 12.5. The molecule has 1 aliphatic rings. The zero-order chi connectivity index (χ0) is 14.5. The van der Waals surface area contributed by atoms with E-state index in [4.69, 9.17) is 5.73 Å². The minimum Gasteiger partial charge on any atom is -0.387 e. The van der Waals surface area contributed by atoms with Crippen LogP contribution in [0.1, 0.15) is 45.4 Å². The average Bonchev–Trinajstić information content (AvgIpc) is 2.25. The summed E-state index contributed by atoms with van der Waals surface area (Å²) in [6, 6.07) is 0. The second-order valence-corrected chi connectivity index (χ2v) is 6.61. The van der Waals surface area contributed by atoms with Gasteiger partial charge in [0.25, 0.3) is 0 Å². The van der Waals surface area contributed by atoms with Crippen molar-refractivity contribution in [3.63, 3.8) is 0 Å². The monoisotopic (exact) mass is 271 g/mol. The van der Waals surface area contributed by atoms with E-state index in [1.165, 1.54) is 6.42 Å². The zero-order valence-electron chi connectivity index (χ0n) is 12.5. The van der Waals surface area contributed by atoms with Gasteiger partial charge in [0.05, 0.1) is 5.60 Å². The molecule has 1 unspecified atom stereocenters. The van der Waals surface area contributed by atoms with Gasteiger partial charge in [-0.3, -0.25) is 4.79 Å². The highest BCUT2D eigenvalue weighted by molar-refractivity contribution is 5.77. The summed E-state index contributed by atoms with van der Waals surface area (Å²) in [5, 5.41) is 12.9. The Bertz CT molecular complexity index is 297. The summed E-state index contributed by atoms with van der Waals surface area (Å²) in [6.45, 7) is 2.51. The maximum Gasteiger partial charge on any atom is 0.221 e. The van der Waals surface area contributed by atoms with Gasteiger partial charge < -0.3 is 21.1 Å². The highest BCUT2D eigenvalue weighted by Crippen LogP contribution is 2.28. The van der Waals surface area contributed by atoms with Gasteiger partial charge in [0.2, 0.25) is 5.91 Å². The van der Waals surface area contributed by atoms with E-state index < -0.39 is 5.60 Å². The van der Waals surface area contributed by atoms with E-state index in [9.17, 15) is 9.90 Å². The lowest BCUT2D eigenvalue weighted by atomic mass is 9.80. The number of carbonyl (C=O) groups is 1. The summed E-state index contributed by atoms with van der Waals surface area (Å²) >= 11 is 0. The van der Waals surface area contributed by atoms with Gasteiger partial charge in [0.15, 0.2) is 0 Å². The lowest BCUT2D eigenvalue weighted by Crippen LogP contribution is -2.50. The molecule has 0 spiro atoms.